The molecule has 9 nitrogen and oxygen atoms in total. The van der Waals surface area contributed by atoms with Crippen LogP contribution in [0.4, 0.5) is 20.5 Å². The molecule has 0 unspecified atom stereocenters. The number of morpholine rings is 1. The highest BCUT2D eigenvalue weighted by molar-refractivity contribution is 5.78. The zero-order valence-electron chi connectivity index (χ0n) is 21.9. The molecule has 1 aliphatic carbocycles. The van der Waals surface area contributed by atoms with E-state index in [1.165, 1.54) is 4.57 Å². The number of fused-ring (bicyclic) bond motifs is 1. The Balaban J connectivity index is 1.37. The van der Waals surface area contributed by atoms with Crippen LogP contribution in [0, 0.1) is 5.92 Å². The number of rotatable bonds is 10. The lowest BCUT2D eigenvalue weighted by Gasteiger charge is -2.34. The topological polar surface area (TPSA) is 91.6 Å². The Morgan fingerprint density at radius 1 is 1.08 bits per heavy atom. The van der Waals surface area contributed by atoms with Crippen LogP contribution in [0.15, 0.2) is 30.3 Å². The molecule has 1 aliphatic heterocycles. The first-order valence-electron chi connectivity index (χ1n) is 13.6. The molecule has 1 saturated carbocycles. The van der Waals surface area contributed by atoms with Gasteiger partial charge in [-0.1, -0.05) is 12.1 Å². The van der Waals surface area contributed by atoms with Crippen molar-refractivity contribution in [1.82, 2.24) is 24.4 Å². The molecule has 2 fully saturated rings. The highest BCUT2D eigenvalue weighted by atomic mass is 19.3. The predicted molar refractivity (Wildman–Crippen MR) is 143 cm³/mol. The van der Waals surface area contributed by atoms with E-state index in [4.69, 9.17) is 19.8 Å². The van der Waals surface area contributed by atoms with Crippen LogP contribution < -0.4 is 10.2 Å². The first-order chi connectivity index (χ1) is 18.5. The minimum absolute atomic E-state index is 0.225. The maximum Gasteiger partial charge on any atom is 0.296 e. The summed E-state index contributed by atoms with van der Waals surface area (Å²) in [4.78, 5) is 18.1. The number of para-hydroxylation sites is 2. The number of nitrogens with one attached hydrogen (secondary N) is 1. The van der Waals surface area contributed by atoms with Crippen LogP contribution in [0.3, 0.4) is 0 Å². The number of hydrogen-bond acceptors (Lipinski definition) is 8. The average Bonchev–Trinajstić information content (AvgIpc) is 3.36. The van der Waals surface area contributed by atoms with E-state index in [1.807, 2.05) is 6.07 Å². The summed E-state index contributed by atoms with van der Waals surface area (Å²) in [7, 11) is 2.14. The van der Waals surface area contributed by atoms with Gasteiger partial charge < -0.3 is 25.0 Å². The quantitative estimate of drug-likeness (QED) is 0.409. The summed E-state index contributed by atoms with van der Waals surface area (Å²) in [5.41, 5.74) is 1.09. The summed E-state index contributed by atoms with van der Waals surface area (Å²) in [6, 6.07) is 9.44. The van der Waals surface area contributed by atoms with Crippen molar-refractivity contribution >= 4 is 22.8 Å². The van der Waals surface area contributed by atoms with Crippen molar-refractivity contribution in [2.24, 2.45) is 5.92 Å². The van der Waals surface area contributed by atoms with Gasteiger partial charge in [-0.15, -0.1) is 0 Å². The second-order valence-electron chi connectivity index (χ2n) is 10.2. The van der Waals surface area contributed by atoms with Crippen LogP contribution in [0.25, 0.3) is 16.9 Å². The number of hydrogen-bond donors (Lipinski definition) is 2. The summed E-state index contributed by atoms with van der Waals surface area (Å²) in [6.07, 6.45) is 2.49. The lowest BCUT2D eigenvalue weighted by Crippen LogP contribution is -2.37. The molecule has 3 aromatic rings. The minimum Gasteiger partial charge on any atom is -0.396 e. The molecule has 0 radical (unpaired) electrons. The Labute approximate surface area is 221 Å². The molecule has 0 bridgehead atoms. The van der Waals surface area contributed by atoms with E-state index in [0.29, 0.717) is 66.9 Å². The lowest BCUT2D eigenvalue weighted by atomic mass is 9.85. The number of aliphatic hydroxyl groups is 1. The standard InChI is InChI=1S/C27H37F2N7O2/c1-34(11-4-14-37)20-9-7-19(8-10-20)18-30-27-32-23(35-12-15-38-16-13-35)17-24(33-27)36-22-6-3-2-5-21(22)31-26(36)25(28)29/h2-3,5-6,17,19-20,25,37H,4,7-16,18H2,1H3,(H,30,32,33). The van der Waals surface area contributed by atoms with E-state index in [9.17, 15) is 8.78 Å². The zero-order valence-corrected chi connectivity index (χ0v) is 21.9. The molecule has 0 amide bonds. The molecule has 0 atom stereocenters. The van der Waals surface area contributed by atoms with Crippen LogP contribution in [-0.2, 0) is 4.74 Å². The highest BCUT2D eigenvalue weighted by Crippen LogP contribution is 2.30. The number of imidazole rings is 1. The maximum atomic E-state index is 14.1. The van der Waals surface area contributed by atoms with Gasteiger partial charge in [0.05, 0.1) is 24.2 Å². The van der Waals surface area contributed by atoms with E-state index >= 15 is 0 Å². The third kappa shape index (κ3) is 6.05. The van der Waals surface area contributed by atoms with Crippen LogP contribution in [-0.4, -0.2) is 88.6 Å². The molecule has 11 heteroatoms. The fourth-order valence-corrected chi connectivity index (χ4v) is 5.53. The summed E-state index contributed by atoms with van der Waals surface area (Å²) >= 11 is 0. The Bertz CT molecular complexity index is 1190. The number of aromatic nitrogens is 4. The Morgan fingerprint density at radius 2 is 1.82 bits per heavy atom. The first kappa shape index (κ1) is 26.7. The summed E-state index contributed by atoms with van der Waals surface area (Å²) in [5.74, 6) is 1.66. The van der Waals surface area contributed by atoms with Crippen molar-refractivity contribution in [2.75, 3.05) is 63.3 Å². The fourth-order valence-electron chi connectivity index (χ4n) is 5.53. The molecular formula is C27H37F2N7O2. The third-order valence-electron chi connectivity index (χ3n) is 7.70. The molecule has 1 aromatic carbocycles. The van der Waals surface area contributed by atoms with Gasteiger partial charge in [0.15, 0.2) is 5.82 Å². The molecular weight excluding hydrogens is 492 g/mol. The monoisotopic (exact) mass is 529 g/mol. The third-order valence-corrected chi connectivity index (χ3v) is 7.70. The van der Waals surface area contributed by atoms with Crippen molar-refractivity contribution in [3.63, 3.8) is 0 Å². The van der Waals surface area contributed by atoms with Gasteiger partial charge in [0.2, 0.25) is 5.95 Å². The van der Waals surface area contributed by atoms with Crippen molar-refractivity contribution in [3.05, 3.63) is 36.2 Å². The van der Waals surface area contributed by atoms with Gasteiger partial charge in [0.1, 0.15) is 11.6 Å². The Kier molecular flexibility index (Phi) is 8.65. The largest absolute Gasteiger partial charge is 0.396 e. The van der Waals surface area contributed by atoms with E-state index in [0.717, 1.165) is 45.2 Å². The van der Waals surface area contributed by atoms with Gasteiger partial charge in [-0.05, 0) is 57.2 Å². The number of alkyl halides is 2. The summed E-state index contributed by atoms with van der Waals surface area (Å²) < 4.78 is 35.1. The maximum absolute atomic E-state index is 14.1. The van der Waals surface area contributed by atoms with Gasteiger partial charge >= 0.3 is 0 Å². The van der Waals surface area contributed by atoms with E-state index < -0.39 is 6.43 Å². The van der Waals surface area contributed by atoms with Gasteiger partial charge in [-0.25, -0.2) is 13.8 Å². The summed E-state index contributed by atoms with van der Waals surface area (Å²) in [6.45, 7) is 4.40. The fraction of sp³-hybridized carbons (Fsp3) is 0.593. The Hall–Kier alpha value is -2.89. The minimum atomic E-state index is -2.74. The molecule has 0 spiro atoms. The second-order valence-corrected chi connectivity index (χ2v) is 10.2. The molecule has 3 heterocycles. The van der Waals surface area contributed by atoms with Crippen molar-refractivity contribution in [3.8, 4) is 5.82 Å². The number of benzene rings is 1. The number of halogens is 2. The number of aliphatic hydroxyl groups excluding tert-OH is 1. The number of anilines is 2. The molecule has 5 rings (SSSR count). The van der Waals surface area contributed by atoms with Crippen LogP contribution in [0.2, 0.25) is 0 Å². The number of nitrogens with zero attached hydrogens (tertiary/aromatic N) is 6. The van der Waals surface area contributed by atoms with Crippen LogP contribution >= 0.6 is 0 Å². The van der Waals surface area contributed by atoms with Gasteiger partial charge in [-0.2, -0.15) is 9.97 Å². The molecule has 2 aliphatic rings. The van der Waals surface area contributed by atoms with E-state index in [-0.39, 0.29) is 12.4 Å². The molecule has 206 valence electrons. The smallest absolute Gasteiger partial charge is 0.296 e. The van der Waals surface area contributed by atoms with Crippen LogP contribution in [0.5, 0.6) is 0 Å². The summed E-state index contributed by atoms with van der Waals surface area (Å²) in [5, 5.41) is 12.5. The zero-order chi connectivity index (χ0) is 26.5. The predicted octanol–water partition coefficient (Wildman–Crippen LogP) is 3.87. The van der Waals surface area contributed by atoms with Crippen LogP contribution in [0.1, 0.15) is 44.4 Å². The average molecular weight is 530 g/mol. The highest BCUT2D eigenvalue weighted by Gasteiger charge is 2.25. The molecule has 1 saturated heterocycles. The Morgan fingerprint density at radius 3 is 2.55 bits per heavy atom. The van der Waals surface area contributed by atoms with E-state index in [2.05, 4.69) is 27.1 Å². The number of ether oxygens (including phenoxy) is 1. The normalized spacial score (nSPS) is 20.5. The van der Waals surface area contributed by atoms with Crippen molar-refractivity contribution in [1.29, 1.82) is 0 Å². The molecule has 2 N–H and O–H groups in total. The van der Waals surface area contributed by atoms with Gasteiger partial charge in [0, 0.05) is 44.9 Å². The van der Waals surface area contributed by atoms with Gasteiger partial charge in [0.25, 0.3) is 6.43 Å². The lowest BCUT2D eigenvalue weighted by molar-refractivity contribution is 0.122. The SMILES string of the molecule is CN(CCCO)C1CCC(CNc2nc(N3CCOCC3)cc(-n3c(C(F)F)nc4ccccc43)n2)CC1. The van der Waals surface area contributed by atoms with E-state index in [1.54, 1.807) is 24.3 Å². The molecule has 38 heavy (non-hydrogen) atoms. The molecule has 2 aromatic heterocycles. The second kappa shape index (κ2) is 12.3. The van der Waals surface area contributed by atoms with Crippen molar-refractivity contribution < 1.29 is 18.6 Å². The van der Waals surface area contributed by atoms with Crippen molar-refractivity contribution in [2.45, 2.75) is 44.6 Å². The first-order valence-corrected chi connectivity index (χ1v) is 13.6. The van der Waals surface area contributed by atoms with Gasteiger partial charge in [-0.3, -0.25) is 4.57 Å².